The van der Waals surface area contributed by atoms with E-state index < -0.39 is 0 Å². The predicted molar refractivity (Wildman–Crippen MR) is 66.9 cm³/mol. The van der Waals surface area contributed by atoms with Crippen LogP contribution >= 0.6 is 0 Å². The van der Waals surface area contributed by atoms with Crippen LogP contribution in [0.4, 0.5) is 0 Å². The van der Waals surface area contributed by atoms with Gasteiger partial charge < -0.3 is 5.32 Å². The maximum Gasteiger partial charge on any atom is 0.291 e. The Morgan fingerprint density at radius 2 is 2.00 bits per heavy atom. The first kappa shape index (κ1) is 13.7. The molecule has 0 radical (unpaired) electrons. The number of aromatic nitrogens is 3. The van der Waals surface area contributed by atoms with Crippen LogP contribution in [0.3, 0.4) is 0 Å². The molecule has 0 fully saturated rings. The molecule has 5 nitrogen and oxygen atoms in total. The lowest BCUT2D eigenvalue weighted by Gasteiger charge is -2.19. The summed E-state index contributed by atoms with van der Waals surface area (Å²) in [5.41, 5.74) is 0. The van der Waals surface area contributed by atoms with Crippen molar-refractivity contribution in [1.82, 2.24) is 20.5 Å². The summed E-state index contributed by atoms with van der Waals surface area (Å²) in [5.74, 6) is 1.43. The van der Waals surface area contributed by atoms with Crippen molar-refractivity contribution >= 4 is 5.91 Å². The van der Waals surface area contributed by atoms with Crippen LogP contribution in [0.2, 0.25) is 0 Å². The molecule has 1 aromatic rings. The Kier molecular flexibility index (Phi) is 4.66. The highest BCUT2D eigenvalue weighted by Gasteiger charge is 2.19. The minimum atomic E-state index is -0.200. The van der Waals surface area contributed by atoms with Gasteiger partial charge in [0.1, 0.15) is 5.82 Å². The number of carbonyl (C=O) groups is 1. The Morgan fingerprint density at radius 1 is 1.35 bits per heavy atom. The summed E-state index contributed by atoms with van der Waals surface area (Å²) >= 11 is 0. The van der Waals surface area contributed by atoms with Gasteiger partial charge in [-0.25, -0.2) is 4.98 Å². The maximum atomic E-state index is 11.9. The normalized spacial score (nSPS) is 13.1. The Bertz CT molecular complexity index is 370. The molecule has 0 aliphatic heterocycles. The fourth-order valence-electron chi connectivity index (χ4n) is 1.61. The summed E-state index contributed by atoms with van der Waals surface area (Å²) in [6.07, 6.45) is 0.908. The summed E-state index contributed by atoms with van der Waals surface area (Å²) in [4.78, 5) is 16.1. The third-order valence-electron chi connectivity index (χ3n) is 2.81. The van der Waals surface area contributed by atoms with Gasteiger partial charge in [-0.15, -0.1) is 5.10 Å². The number of nitrogens with zero attached hydrogens (tertiary/aromatic N) is 2. The summed E-state index contributed by atoms with van der Waals surface area (Å²) in [5, 5.41) is 9.67. The van der Waals surface area contributed by atoms with E-state index in [1.54, 1.807) is 0 Å². The van der Waals surface area contributed by atoms with Crippen LogP contribution in [0.15, 0.2) is 0 Å². The first-order valence-corrected chi connectivity index (χ1v) is 6.18. The molecule has 0 bridgehead atoms. The average Bonchev–Trinajstić information content (AvgIpc) is 2.74. The van der Waals surface area contributed by atoms with Gasteiger partial charge in [-0.3, -0.25) is 9.89 Å². The number of carbonyl (C=O) groups excluding carboxylic acids is 1. The molecular weight excluding hydrogens is 216 g/mol. The van der Waals surface area contributed by atoms with E-state index in [9.17, 15) is 4.79 Å². The van der Waals surface area contributed by atoms with Gasteiger partial charge in [0, 0.05) is 12.0 Å². The largest absolute Gasteiger partial charge is 0.346 e. The number of rotatable bonds is 5. The molecule has 1 heterocycles. The fraction of sp³-hybridized carbons (Fsp3) is 0.750. The summed E-state index contributed by atoms with van der Waals surface area (Å²) in [7, 11) is 0. The zero-order chi connectivity index (χ0) is 13.0. The van der Waals surface area contributed by atoms with Gasteiger partial charge in [-0.1, -0.05) is 34.6 Å². The van der Waals surface area contributed by atoms with Crippen molar-refractivity contribution < 1.29 is 4.79 Å². The maximum absolute atomic E-state index is 11.9. The fourth-order valence-corrected chi connectivity index (χ4v) is 1.61. The summed E-state index contributed by atoms with van der Waals surface area (Å²) in [6, 6.07) is 0.170. The van der Waals surface area contributed by atoms with Crippen molar-refractivity contribution in [3.05, 3.63) is 11.6 Å². The molecule has 96 valence electrons. The van der Waals surface area contributed by atoms with E-state index in [-0.39, 0.29) is 23.7 Å². The van der Waals surface area contributed by atoms with E-state index in [0.717, 1.165) is 12.2 Å². The van der Waals surface area contributed by atoms with Crippen LogP contribution in [0.1, 0.15) is 63.4 Å². The van der Waals surface area contributed by atoms with Crippen molar-refractivity contribution in [2.45, 2.75) is 53.0 Å². The number of hydrogen-bond acceptors (Lipinski definition) is 3. The molecule has 1 atom stereocenters. The minimum Gasteiger partial charge on any atom is -0.346 e. The molecule has 1 amide bonds. The molecule has 0 saturated heterocycles. The summed E-state index contributed by atoms with van der Waals surface area (Å²) in [6.45, 7) is 10.2. The highest BCUT2D eigenvalue weighted by Crippen LogP contribution is 2.09. The van der Waals surface area contributed by atoms with Crippen LogP contribution < -0.4 is 5.32 Å². The lowest BCUT2D eigenvalue weighted by Crippen LogP contribution is -2.38. The van der Waals surface area contributed by atoms with Gasteiger partial charge in [0.2, 0.25) is 5.82 Å². The standard InChI is InChI=1S/C12H22N4O/c1-6-9(7(2)3)13-12(17)11-14-10(8(4)5)15-16-11/h7-9H,6H2,1-5H3,(H,13,17)(H,14,15,16). The van der Waals surface area contributed by atoms with Crippen LogP contribution in [-0.4, -0.2) is 27.1 Å². The first-order chi connectivity index (χ1) is 7.95. The third kappa shape index (κ3) is 3.54. The van der Waals surface area contributed by atoms with Gasteiger partial charge in [0.15, 0.2) is 0 Å². The van der Waals surface area contributed by atoms with Crippen LogP contribution in [-0.2, 0) is 0 Å². The molecule has 0 spiro atoms. The molecule has 0 saturated carbocycles. The van der Waals surface area contributed by atoms with E-state index >= 15 is 0 Å². The molecule has 5 heteroatoms. The smallest absolute Gasteiger partial charge is 0.291 e. The number of nitrogens with one attached hydrogen (secondary N) is 2. The van der Waals surface area contributed by atoms with Crippen molar-refractivity contribution in [1.29, 1.82) is 0 Å². The number of hydrogen-bond donors (Lipinski definition) is 2. The molecule has 1 rings (SSSR count). The third-order valence-corrected chi connectivity index (χ3v) is 2.81. The molecule has 17 heavy (non-hydrogen) atoms. The van der Waals surface area contributed by atoms with Crippen LogP contribution in [0.25, 0.3) is 0 Å². The first-order valence-electron chi connectivity index (χ1n) is 6.18. The van der Waals surface area contributed by atoms with E-state index in [1.165, 1.54) is 0 Å². The Labute approximate surface area is 102 Å². The van der Waals surface area contributed by atoms with Gasteiger partial charge in [-0.2, -0.15) is 0 Å². The molecule has 0 aliphatic carbocycles. The second-order valence-electron chi connectivity index (χ2n) is 4.93. The second kappa shape index (κ2) is 5.80. The number of H-pyrrole nitrogens is 1. The van der Waals surface area contributed by atoms with Crippen LogP contribution in [0.5, 0.6) is 0 Å². The molecule has 1 unspecified atom stereocenters. The van der Waals surface area contributed by atoms with Crippen molar-refractivity contribution in [3.8, 4) is 0 Å². The quantitative estimate of drug-likeness (QED) is 0.825. The monoisotopic (exact) mass is 238 g/mol. The van der Waals surface area contributed by atoms with Crippen molar-refractivity contribution in [2.24, 2.45) is 5.92 Å². The predicted octanol–water partition coefficient (Wildman–Crippen LogP) is 2.09. The summed E-state index contributed by atoms with van der Waals surface area (Å²) < 4.78 is 0. The Balaban J connectivity index is 2.69. The highest BCUT2D eigenvalue weighted by molar-refractivity contribution is 5.90. The van der Waals surface area contributed by atoms with Crippen molar-refractivity contribution in [2.75, 3.05) is 0 Å². The van der Waals surface area contributed by atoms with E-state index in [2.05, 4.69) is 41.3 Å². The minimum absolute atomic E-state index is 0.170. The van der Waals surface area contributed by atoms with Gasteiger partial charge >= 0.3 is 0 Å². The van der Waals surface area contributed by atoms with E-state index in [0.29, 0.717) is 5.92 Å². The lowest BCUT2D eigenvalue weighted by atomic mass is 10.0. The van der Waals surface area contributed by atoms with Gasteiger partial charge in [0.25, 0.3) is 5.91 Å². The zero-order valence-corrected chi connectivity index (χ0v) is 11.2. The molecule has 2 N–H and O–H groups in total. The Morgan fingerprint density at radius 3 is 2.41 bits per heavy atom. The average molecular weight is 238 g/mol. The van der Waals surface area contributed by atoms with Gasteiger partial charge in [0.05, 0.1) is 0 Å². The highest BCUT2D eigenvalue weighted by atomic mass is 16.2. The lowest BCUT2D eigenvalue weighted by molar-refractivity contribution is 0.0914. The van der Waals surface area contributed by atoms with E-state index in [4.69, 9.17) is 0 Å². The van der Waals surface area contributed by atoms with E-state index in [1.807, 2.05) is 13.8 Å². The van der Waals surface area contributed by atoms with Crippen molar-refractivity contribution in [3.63, 3.8) is 0 Å². The molecular formula is C12H22N4O. The SMILES string of the molecule is CCC(NC(=O)c1n[nH]c(C(C)C)n1)C(C)C. The molecule has 0 aliphatic rings. The topological polar surface area (TPSA) is 70.7 Å². The number of aromatic amines is 1. The molecule has 1 aromatic heterocycles. The second-order valence-corrected chi connectivity index (χ2v) is 4.93. The Hall–Kier alpha value is -1.39. The molecule has 0 aromatic carbocycles. The number of amides is 1. The van der Waals surface area contributed by atoms with Gasteiger partial charge in [-0.05, 0) is 12.3 Å². The van der Waals surface area contributed by atoms with Crippen LogP contribution in [0, 0.1) is 5.92 Å². The zero-order valence-electron chi connectivity index (χ0n) is 11.2.